The van der Waals surface area contributed by atoms with E-state index in [1.54, 1.807) is 0 Å². The largest absolute Gasteiger partial charge is 0.460 e. The van der Waals surface area contributed by atoms with Crippen molar-refractivity contribution in [1.82, 2.24) is 0 Å². The topological polar surface area (TPSA) is 88.1 Å². The molecular formula is C11H13FO7. The van der Waals surface area contributed by atoms with E-state index in [0.717, 1.165) is 27.0 Å². The lowest BCUT2D eigenvalue weighted by molar-refractivity contribution is -0.195. The molecule has 0 saturated heterocycles. The van der Waals surface area contributed by atoms with Crippen LogP contribution >= 0.6 is 0 Å². The van der Waals surface area contributed by atoms with Gasteiger partial charge in [-0.3, -0.25) is 14.4 Å². The molecule has 1 aliphatic rings. The summed E-state index contributed by atoms with van der Waals surface area (Å²) in [5.74, 6) is -2.51. The number of hydrogen-bond donors (Lipinski definition) is 0. The minimum atomic E-state index is -2.03. The van der Waals surface area contributed by atoms with Gasteiger partial charge in [-0.2, -0.15) is 4.39 Å². The second kappa shape index (κ2) is 6.17. The average Bonchev–Trinajstić information content (AvgIpc) is 2.25. The smallest absolute Gasteiger partial charge is 0.307 e. The van der Waals surface area contributed by atoms with Crippen molar-refractivity contribution in [2.24, 2.45) is 0 Å². The highest BCUT2D eigenvalue weighted by atomic mass is 19.1. The van der Waals surface area contributed by atoms with Crippen molar-refractivity contribution in [2.75, 3.05) is 0 Å². The van der Waals surface area contributed by atoms with E-state index in [1.165, 1.54) is 0 Å². The van der Waals surface area contributed by atoms with Gasteiger partial charge in [0, 0.05) is 20.8 Å². The average molecular weight is 276 g/mol. The van der Waals surface area contributed by atoms with Crippen LogP contribution in [0.2, 0.25) is 0 Å². The Kier molecular flexibility index (Phi) is 4.85. The molecule has 0 aromatic rings. The summed E-state index contributed by atoms with van der Waals surface area (Å²) in [6.07, 6.45) is -4.15. The van der Waals surface area contributed by atoms with Crippen LogP contribution in [0.25, 0.3) is 0 Å². The van der Waals surface area contributed by atoms with Crippen LogP contribution in [0.5, 0.6) is 0 Å². The van der Waals surface area contributed by atoms with Gasteiger partial charge in [0.05, 0.1) is 0 Å². The monoisotopic (exact) mass is 276 g/mol. The Hall–Kier alpha value is -2.12. The molecule has 8 heteroatoms. The van der Waals surface area contributed by atoms with Crippen LogP contribution in [0, 0.1) is 0 Å². The maximum absolute atomic E-state index is 13.5. The lowest BCUT2D eigenvalue weighted by atomic mass is 10.1. The molecule has 3 atom stereocenters. The van der Waals surface area contributed by atoms with Gasteiger partial charge in [-0.25, -0.2) is 0 Å². The minimum Gasteiger partial charge on any atom is -0.460 e. The highest BCUT2D eigenvalue weighted by Crippen LogP contribution is 2.26. The van der Waals surface area contributed by atoms with Crippen molar-refractivity contribution in [3.05, 3.63) is 12.0 Å². The van der Waals surface area contributed by atoms with E-state index >= 15 is 0 Å². The van der Waals surface area contributed by atoms with Gasteiger partial charge in [-0.05, 0) is 0 Å². The molecule has 1 aliphatic heterocycles. The van der Waals surface area contributed by atoms with Gasteiger partial charge in [0.2, 0.25) is 12.2 Å². The third-order valence-electron chi connectivity index (χ3n) is 2.01. The Morgan fingerprint density at radius 1 is 1.11 bits per heavy atom. The summed E-state index contributed by atoms with van der Waals surface area (Å²) in [6.45, 7) is 3.24. The molecule has 0 spiro atoms. The molecule has 0 fully saturated rings. The first-order valence-electron chi connectivity index (χ1n) is 5.33. The lowest BCUT2D eigenvalue weighted by Crippen LogP contribution is -2.46. The van der Waals surface area contributed by atoms with Crippen LogP contribution in [0.3, 0.4) is 0 Å². The molecule has 0 N–H and O–H groups in total. The Morgan fingerprint density at radius 3 is 2.16 bits per heavy atom. The van der Waals surface area contributed by atoms with E-state index in [2.05, 4.69) is 9.47 Å². The van der Waals surface area contributed by atoms with E-state index in [-0.39, 0.29) is 5.76 Å². The van der Waals surface area contributed by atoms with Gasteiger partial charge < -0.3 is 18.9 Å². The molecule has 0 radical (unpaired) electrons. The molecule has 1 rings (SSSR count). The number of carbonyl (C=O) groups is 3. The van der Waals surface area contributed by atoms with Crippen LogP contribution in [0.4, 0.5) is 4.39 Å². The van der Waals surface area contributed by atoms with Crippen molar-refractivity contribution in [3.8, 4) is 0 Å². The number of hydrogen-bond acceptors (Lipinski definition) is 7. The van der Waals surface area contributed by atoms with E-state index in [4.69, 9.17) is 9.47 Å². The molecular weight excluding hydrogens is 263 g/mol. The Balaban J connectivity index is 2.99. The van der Waals surface area contributed by atoms with Crippen LogP contribution in [-0.4, -0.2) is 36.5 Å². The SMILES string of the molecule is CC(=O)OC1=CO[C@@H](F)C(OC(C)=O)C1OC(C)=O. The standard InChI is InChI=1S/C11H13FO7/c1-5(13)17-8-4-16-11(12)10(19-7(3)15)9(8)18-6(2)14/h4,9-11H,1-3H3/t9?,10?,11-/m1/s1. The van der Waals surface area contributed by atoms with Crippen molar-refractivity contribution < 1.29 is 37.7 Å². The minimum absolute atomic E-state index is 0.247. The van der Waals surface area contributed by atoms with E-state index in [0.29, 0.717) is 0 Å². The number of esters is 3. The van der Waals surface area contributed by atoms with Gasteiger partial charge in [-0.1, -0.05) is 0 Å². The number of rotatable bonds is 3. The van der Waals surface area contributed by atoms with Crippen LogP contribution < -0.4 is 0 Å². The molecule has 0 aromatic heterocycles. The Morgan fingerprint density at radius 2 is 1.68 bits per heavy atom. The normalized spacial score (nSPS) is 25.7. The molecule has 0 amide bonds. The van der Waals surface area contributed by atoms with Gasteiger partial charge in [0.15, 0.2) is 5.76 Å². The fourth-order valence-corrected chi connectivity index (χ4v) is 1.43. The van der Waals surface area contributed by atoms with Crippen molar-refractivity contribution >= 4 is 17.9 Å². The zero-order chi connectivity index (χ0) is 14.6. The Bertz CT molecular complexity index is 417. The Labute approximate surface area is 108 Å². The molecule has 2 unspecified atom stereocenters. The zero-order valence-electron chi connectivity index (χ0n) is 10.5. The predicted molar refractivity (Wildman–Crippen MR) is 56.9 cm³/mol. The number of ether oxygens (including phenoxy) is 4. The second-order valence-electron chi connectivity index (χ2n) is 3.71. The molecule has 0 aliphatic carbocycles. The first-order valence-corrected chi connectivity index (χ1v) is 5.33. The molecule has 7 nitrogen and oxygen atoms in total. The third-order valence-corrected chi connectivity index (χ3v) is 2.01. The van der Waals surface area contributed by atoms with E-state index in [1.807, 2.05) is 0 Å². The summed E-state index contributed by atoms with van der Waals surface area (Å²) in [6, 6.07) is 0. The maximum Gasteiger partial charge on any atom is 0.307 e. The summed E-state index contributed by atoms with van der Waals surface area (Å²) in [5.41, 5.74) is 0. The lowest BCUT2D eigenvalue weighted by Gasteiger charge is -2.31. The van der Waals surface area contributed by atoms with Crippen LogP contribution in [-0.2, 0) is 33.3 Å². The highest BCUT2D eigenvalue weighted by molar-refractivity contribution is 5.69. The van der Waals surface area contributed by atoms with Crippen molar-refractivity contribution in [3.63, 3.8) is 0 Å². The van der Waals surface area contributed by atoms with E-state index in [9.17, 15) is 18.8 Å². The predicted octanol–water partition coefficient (Wildman–Crippen LogP) is 0.580. The molecule has 1 heterocycles. The number of carbonyl (C=O) groups excluding carboxylic acids is 3. The summed E-state index contributed by atoms with van der Waals surface area (Å²) in [7, 11) is 0. The van der Waals surface area contributed by atoms with Crippen LogP contribution in [0.1, 0.15) is 20.8 Å². The summed E-state index contributed by atoms with van der Waals surface area (Å²) >= 11 is 0. The van der Waals surface area contributed by atoms with Gasteiger partial charge >= 0.3 is 17.9 Å². The molecule has 19 heavy (non-hydrogen) atoms. The van der Waals surface area contributed by atoms with Gasteiger partial charge in [0.25, 0.3) is 6.36 Å². The van der Waals surface area contributed by atoms with Crippen molar-refractivity contribution in [1.29, 1.82) is 0 Å². The van der Waals surface area contributed by atoms with Crippen molar-refractivity contribution in [2.45, 2.75) is 39.3 Å². The summed E-state index contributed by atoms with van der Waals surface area (Å²) in [4.78, 5) is 32.8. The first-order chi connectivity index (χ1) is 8.81. The molecule has 0 bridgehead atoms. The first kappa shape index (κ1) is 14.9. The summed E-state index contributed by atoms with van der Waals surface area (Å²) < 4.78 is 32.3. The van der Waals surface area contributed by atoms with E-state index < -0.39 is 36.5 Å². The maximum atomic E-state index is 13.5. The van der Waals surface area contributed by atoms with Gasteiger partial charge in [-0.15, -0.1) is 0 Å². The summed E-state index contributed by atoms with van der Waals surface area (Å²) in [5, 5.41) is 0. The van der Waals surface area contributed by atoms with Crippen LogP contribution in [0.15, 0.2) is 12.0 Å². The fraction of sp³-hybridized carbons (Fsp3) is 0.545. The highest BCUT2D eigenvalue weighted by Gasteiger charge is 2.43. The second-order valence-corrected chi connectivity index (χ2v) is 3.71. The fourth-order valence-electron chi connectivity index (χ4n) is 1.43. The third kappa shape index (κ3) is 4.23. The van der Waals surface area contributed by atoms with Gasteiger partial charge in [0.1, 0.15) is 6.26 Å². The molecule has 0 saturated carbocycles. The number of alkyl halides is 1. The molecule has 106 valence electrons. The molecule has 0 aromatic carbocycles. The zero-order valence-corrected chi connectivity index (χ0v) is 10.5. The number of halogens is 1. The quantitative estimate of drug-likeness (QED) is 0.550.